The number of ether oxygens (including phenoxy) is 1. The van der Waals surface area contributed by atoms with Crippen molar-refractivity contribution in [3.8, 4) is 0 Å². The third-order valence-corrected chi connectivity index (χ3v) is 4.31. The van der Waals surface area contributed by atoms with E-state index in [0.717, 1.165) is 26.2 Å². The Hall–Kier alpha value is -0.420. The number of aryl methyl sites for hydroxylation is 1. The molecule has 1 aliphatic heterocycles. The molecule has 3 nitrogen and oxygen atoms in total. The van der Waals surface area contributed by atoms with Gasteiger partial charge in [-0.1, -0.05) is 6.92 Å². The molecule has 2 unspecified atom stereocenters. The maximum atomic E-state index is 6.30. The number of nitrogens with zero attached hydrogens (tertiary/aromatic N) is 1. The van der Waals surface area contributed by atoms with Gasteiger partial charge < -0.3 is 10.5 Å². The Balaban J connectivity index is 1.97. The minimum absolute atomic E-state index is 0.0216. The lowest BCUT2D eigenvalue weighted by Gasteiger charge is -2.35. The number of thiophene rings is 1. The SMILES string of the molecule is CCCN1CCOC(C(N)c2ccc(C)s2)C1. The van der Waals surface area contributed by atoms with Crippen LogP contribution in [0, 0.1) is 6.92 Å². The van der Waals surface area contributed by atoms with Gasteiger partial charge >= 0.3 is 0 Å². The quantitative estimate of drug-likeness (QED) is 0.895. The highest BCUT2D eigenvalue weighted by Gasteiger charge is 2.27. The molecule has 0 aliphatic carbocycles. The molecule has 0 spiro atoms. The van der Waals surface area contributed by atoms with Crippen molar-refractivity contribution in [1.29, 1.82) is 0 Å². The Labute approximate surface area is 108 Å². The summed E-state index contributed by atoms with van der Waals surface area (Å²) in [6.45, 7) is 8.30. The standard InChI is InChI=1S/C13H22N2OS/c1-3-6-15-7-8-16-11(9-15)13(14)12-5-4-10(2)17-12/h4-5,11,13H,3,6-9,14H2,1-2H3. The van der Waals surface area contributed by atoms with Gasteiger partial charge in [0, 0.05) is 22.8 Å². The van der Waals surface area contributed by atoms with Gasteiger partial charge in [0.2, 0.25) is 0 Å². The molecule has 96 valence electrons. The second-order valence-corrected chi connectivity index (χ2v) is 6.00. The largest absolute Gasteiger partial charge is 0.374 e. The summed E-state index contributed by atoms with van der Waals surface area (Å²) < 4.78 is 5.82. The molecule has 1 fully saturated rings. The maximum absolute atomic E-state index is 6.30. The number of morpholine rings is 1. The highest BCUT2D eigenvalue weighted by atomic mass is 32.1. The molecule has 1 saturated heterocycles. The van der Waals surface area contributed by atoms with Crippen molar-refractivity contribution in [2.24, 2.45) is 5.73 Å². The molecule has 0 saturated carbocycles. The normalized spacial score (nSPS) is 23.8. The minimum atomic E-state index is 0.0216. The molecule has 1 aliphatic rings. The van der Waals surface area contributed by atoms with Crippen LogP contribution >= 0.6 is 11.3 Å². The Bertz CT molecular complexity index is 351. The predicted octanol–water partition coefficient (Wildman–Crippen LogP) is 2.17. The third kappa shape index (κ3) is 3.28. The average Bonchev–Trinajstić information content (AvgIpc) is 2.76. The second-order valence-electron chi connectivity index (χ2n) is 4.68. The fraction of sp³-hybridized carbons (Fsp3) is 0.692. The number of rotatable bonds is 4. The first-order valence-electron chi connectivity index (χ1n) is 6.36. The lowest BCUT2D eigenvalue weighted by atomic mass is 10.1. The smallest absolute Gasteiger partial charge is 0.0902 e. The van der Waals surface area contributed by atoms with Gasteiger partial charge in [-0.15, -0.1) is 11.3 Å². The van der Waals surface area contributed by atoms with Crippen molar-refractivity contribution < 1.29 is 4.74 Å². The van der Waals surface area contributed by atoms with E-state index in [1.54, 1.807) is 11.3 Å². The highest BCUT2D eigenvalue weighted by molar-refractivity contribution is 7.12. The topological polar surface area (TPSA) is 38.5 Å². The molecule has 4 heteroatoms. The van der Waals surface area contributed by atoms with E-state index in [2.05, 4.69) is 30.9 Å². The fourth-order valence-electron chi connectivity index (χ4n) is 2.28. The summed E-state index contributed by atoms with van der Waals surface area (Å²) in [5.41, 5.74) is 6.30. The molecule has 0 amide bonds. The maximum Gasteiger partial charge on any atom is 0.0902 e. The predicted molar refractivity (Wildman–Crippen MR) is 72.5 cm³/mol. The van der Waals surface area contributed by atoms with Crippen LogP contribution in [0.25, 0.3) is 0 Å². The monoisotopic (exact) mass is 254 g/mol. The van der Waals surface area contributed by atoms with Crippen LogP contribution in [-0.4, -0.2) is 37.2 Å². The van der Waals surface area contributed by atoms with Crippen LogP contribution < -0.4 is 5.73 Å². The summed E-state index contributed by atoms with van der Waals surface area (Å²) in [5, 5.41) is 0. The van der Waals surface area contributed by atoms with Gasteiger partial charge in [-0.2, -0.15) is 0 Å². The molecule has 1 aromatic rings. The van der Waals surface area contributed by atoms with Crippen LogP contribution in [0.3, 0.4) is 0 Å². The van der Waals surface area contributed by atoms with E-state index in [1.807, 2.05) is 0 Å². The van der Waals surface area contributed by atoms with Gasteiger partial charge in [0.05, 0.1) is 18.8 Å². The molecular weight excluding hydrogens is 232 g/mol. The van der Waals surface area contributed by atoms with Crippen molar-refractivity contribution in [3.05, 3.63) is 21.9 Å². The lowest BCUT2D eigenvalue weighted by molar-refractivity contribution is -0.0402. The van der Waals surface area contributed by atoms with Crippen molar-refractivity contribution in [3.63, 3.8) is 0 Å². The zero-order valence-electron chi connectivity index (χ0n) is 10.7. The van der Waals surface area contributed by atoms with E-state index in [4.69, 9.17) is 10.5 Å². The van der Waals surface area contributed by atoms with Gasteiger partial charge in [0.15, 0.2) is 0 Å². The highest BCUT2D eigenvalue weighted by Crippen LogP contribution is 2.26. The van der Waals surface area contributed by atoms with Crippen molar-refractivity contribution in [2.75, 3.05) is 26.2 Å². The van der Waals surface area contributed by atoms with Crippen LogP contribution in [0.4, 0.5) is 0 Å². The molecule has 17 heavy (non-hydrogen) atoms. The molecule has 0 aromatic carbocycles. The zero-order chi connectivity index (χ0) is 12.3. The fourth-order valence-corrected chi connectivity index (χ4v) is 3.22. The summed E-state index contributed by atoms with van der Waals surface area (Å²) in [6.07, 6.45) is 1.34. The molecule has 2 atom stereocenters. The Kier molecular flexibility index (Phi) is 4.56. The third-order valence-electron chi connectivity index (χ3n) is 3.21. The number of hydrogen-bond acceptors (Lipinski definition) is 4. The molecule has 2 rings (SSSR count). The van der Waals surface area contributed by atoms with Gasteiger partial charge in [-0.3, -0.25) is 4.90 Å². The van der Waals surface area contributed by atoms with Gasteiger partial charge in [-0.25, -0.2) is 0 Å². The van der Waals surface area contributed by atoms with Gasteiger partial charge in [0.25, 0.3) is 0 Å². The van der Waals surface area contributed by atoms with Crippen LogP contribution in [0.5, 0.6) is 0 Å². The van der Waals surface area contributed by atoms with Gasteiger partial charge in [0.1, 0.15) is 0 Å². The summed E-state index contributed by atoms with van der Waals surface area (Å²) in [6, 6.07) is 4.28. The zero-order valence-corrected chi connectivity index (χ0v) is 11.5. The molecule has 0 radical (unpaired) electrons. The average molecular weight is 254 g/mol. The summed E-state index contributed by atoms with van der Waals surface area (Å²) in [7, 11) is 0. The molecule has 2 N–H and O–H groups in total. The van der Waals surface area contributed by atoms with Crippen molar-refractivity contribution in [1.82, 2.24) is 4.90 Å². The van der Waals surface area contributed by atoms with Crippen molar-refractivity contribution in [2.45, 2.75) is 32.4 Å². The lowest BCUT2D eigenvalue weighted by Crippen LogP contribution is -2.47. The number of nitrogens with two attached hydrogens (primary N) is 1. The Morgan fingerprint density at radius 3 is 3.06 bits per heavy atom. The first-order chi connectivity index (χ1) is 8.20. The second kappa shape index (κ2) is 5.96. The molecular formula is C13H22N2OS. The summed E-state index contributed by atoms with van der Waals surface area (Å²) >= 11 is 1.78. The van der Waals surface area contributed by atoms with Crippen LogP contribution in [0.15, 0.2) is 12.1 Å². The molecule has 0 bridgehead atoms. The molecule has 2 heterocycles. The number of hydrogen-bond donors (Lipinski definition) is 1. The van der Waals surface area contributed by atoms with E-state index in [-0.39, 0.29) is 12.1 Å². The van der Waals surface area contributed by atoms with Gasteiger partial charge in [-0.05, 0) is 32.0 Å². The van der Waals surface area contributed by atoms with E-state index in [9.17, 15) is 0 Å². The first-order valence-corrected chi connectivity index (χ1v) is 7.18. The van der Waals surface area contributed by atoms with E-state index in [0.29, 0.717) is 0 Å². The van der Waals surface area contributed by atoms with E-state index >= 15 is 0 Å². The summed E-state index contributed by atoms with van der Waals surface area (Å²) in [4.78, 5) is 5.01. The molecule has 1 aromatic heterocycles. The Morgan fingerprint density at radius 2 is 2.41 bits per heavy atom. The van der Waals surface area contributed by atoms with E-state index < -0.39 is 0 Å². The summed E-state index contributed by atoms with van der Waals surface area (Å²) in [5.74, 6) is 0. The minimum Gasteiger partial charge on any atom is -0.374 e. The van der Waals surface area contributed by atoms with Crippen LogP contribution in [-0.2, 0) is 4.74 Å². The van der Waals surface area contributed by atoms with Crippen molar-refractivity contribution >= 4 is 11.3 Å². The van der Waals surface area contributed by atoms with E-state index in [1.165, 1.54) is 16.2 Å². The first kappa shape index (κ1) is 13.0. The van der Waals surface area contributed by atoms with Crippen LogP contribution in [0.1, 0.15) is 29.1 Å². The Morgan fingerprint density at radius 1 is 1.59 bits per heavy atom. The van der Waals surface area contributed by atoms with Crippen LogP contribution in [0.2, 0.25) is 0 Å².